The largest absolute Gasteiger partial charge is 0.384 e. The fourth-order valence-corrected chi connectivity index (χ4v) is 2.58. The molecule has 0 aromatic heterocycles. The summed E-state index contributed by atoms with van der Waals surface area (Å²) in [7, 11) is 0. The Balaban J connectivity index is 1.64. The first-order valence-corrected chi connectivity index (χ1v) is 7.33. The summed E-state index contributed by atoms with van der Waals surface area (Å²) in [6.45, 7) is 0.695. The minimum absolute atomic E-state index is 0.00981. The maximum absolute atomic E-state index is 12.1. The molecule has 0 bridgehead atoms. The molecule has 3 rings (SSSR count). The van der Waals surface area contributed by atoms with Gasteiger partial charge in [0.25, 0.3) is 5.91 Å². The average Bonchev–Trinajstić information content (AvgIpc) is 3.27. The van der Waals surface area contributed by atoms with Crippen molar-refractivity contribution in [3.05, 3.63) is 29.8 Å². The van der Waals surface area contributed by atoms with Crippen LogP contribution in [0.25, 0.3) is 0 Å². The lowest BCUT2D eigenvalue weighted by atomic mass is 10.1. The molecule has 1 amide bonds. The van der Waals surface area contributed by atoms with Gasteiger partial charge in [0.15, 0.2) is 0 Å². The second-order valence-corrected chi connectivity index (χ2v) is 6.88. The van der Waals surface area contributed by atoms with Crippen molar-refractivity contribution in [2.75, 3.05) is 11.9 Å². The molecule has 102 valence electrons. The lowest BCUT2D eigenvalue weighted by Crippen LogP contribution is -2.26. The third kappa shape index (κ3) is 3.15. The Morgan fingerprint density at radius 3 is 2.63 bits per heavy atom. The number of carbonyl (C=O) groups is 1. The molecule has 2 saturated carbocycles. The van der Waals surface area contributed by atoms with Gasteiger partial charge in [0.2, 0.25) is 0 Å². The third-order valence-corrected chi connectivity index (χ3v) is 4.50. The van der Waals surface area contributed by atoms with Crippen LogP contribution in [-0.2, 0) is 0 Å². The van der Waals surface area contributed by atoms with Crippen molar-refractivity contribution in [1.29, 1.82) is 0 Å². The number of nitrogens with one attached hydrogen (secondary N) is 2. The minimum Gasteiger partial charge on any atom is -0.384 e. The van der Waals surface area contributed by atoms with Crippen LogP contribution in [0, 0.1) is 5.92 Å². The van der Waals surface area contributed by atoms with Gasteiger partial charge in [-0.2, -0.15) is 0 Å². The fourth-order valence-electron chi connectivity index (χ4n) is 2.05. The predicted molar refractivity (Wildman–Crippen MR) is 78.0 cm³/mol. The van der Waals surface area contributed by atoms with E-state index >= 15 is 0 Å². The molecule has 3 nitrogen and oxygen atoms in total. The van der Waals surface area contributed by atoms with Crippen LogP contribution < -0.4 is 10.6 Å². The fraction of sp³-hybridized carbons (Fsp3) is 0.500. The van der Waals surface area contributed by atoms with E-state index in [9.17, 15) is 4.79 Å². The molecule has 0 saturated heterocycles. The first kappa shape index (κ1) is 13.1. The Bertz CT molecular complexity index is 500. The number of benzene rings is 1. The highest BCUT2D eigenvalue weighted by atomic mass is 35.5. The number of hydrogen-bond donors (Lipinski definition) is 2. The van der Waals surface area contributed by atoms with E-state index < -0.39 is 4.33 Å². The zero-order chi connectivity index (χ0) is 13.5. The quantitative estimate of drug-likeness (QED) is 0.820. The molecule has 2 N–H and O–H groups in total. The number of anilines is 1. The van der Waals surface area contributed by atoms with E-state index in [0.717, 1.165) is 24.9 Å². The Hall–Kier alpha value is -0.930. The summed E-state index contributed by atoms with van der Waals surface area (Å²) in [4.78, 5) is 12.1. The topological polar surface area (TPSA) is 41.1 Å². The van der Waals surface area contributed by atoms with Gasteiger partial charge in [-0.25, -0.2) is 0 Å². The van der Waals surface area contributed by atoms with Crippen LogP contribution in [0.2, 0.25) is 0 Å². The molecule has 0 heterocycles. The normalized spacial score (nSPS) is 23.8. The Morgan fingerprint density at radius 1 is 1.32 bits per heavy atom. The molecule has 5 heteroatoms. The summed E-state index contributed by atoms with van der Waals surface area (Å²) in [6.07, 6.45) is 2.98. The van der Waals surface area contributed by atoms with Crippen molar-refractivity contribution in [2.24, 2.45) is 5.92 Å². The highest BCUT2D eigenvalue weighted by Gasteiger charge is 2.51. The van der Waals surface area contributed by atoms with Crippen molar-refractivity contribution >= 4 is 34.8 Å². The first-order valence-electron chi connectivity index (χ1n) is 6.58. The summed E-state index contributed by atoms with van der Waals surface area (Å²) in [5.41, 5.74) is 1.53. The number of rotatable bonds is 5. The van der Waals surface area contributed by atoms with Gasteiger partial charge < -0.3 is 10.6 Å². The summed E-state index contributed by atoms with van der Waals surface area (Å²) in [5.74, 6) is 0.250. The summed E-state index contributed by atoms with van der Waals surface area (Å²) >= 11 is 12.0. The molecule has 1 aromatic rings. The van der Waals surface area contributed by atoms with Gasteiger partial charge in [-0.15, -0.1) is 23.2 Å². The number of alkyl halides is 2. The Morgan fingerprint density at radius 2 is 2.00 bits per heavy atom. The molecule has 1 aromatic carbocycles. The zero-order valence-corrected chi connectivity index (χ0v) is 12.0. The van der Waals surface area contributed by atoms with E-state index in [4.69, 9.17) is 23.2 Å². The van der Waals surface area contributed by atoms with Crippen LogP contribution in [0.4, 0.5) is 5.69 Å². The second-order valence-electron chi connectivity index (χ2n) is 5.34. The van der Waals surface area contributed by atoms with Crippen LogP contribution in [0.5, 0.6) is 0 Å². The molecule has 2 aliphatic carbocycles. The number of halogens is 2. The van der Waals surface area contributed by atoms with E-state index in [-0.39, 0.29) is 11.8 Å². The number of carbonyl (C=O) groups excluding carboxylic acids is 1. The molecule has 1 unspecified atom stereocenters. The highest BCUT2D eigenvalue weighted by molar-refractivity contribution is 6.50. The molecule has 1 atom stereocenters. The van der Waals surface area contributed by atoms with Crippen LogP contribution >= 0.6 is 23.2 Å². The van der Waals surface area contributed by atoms with E-state index in [0.29, 0.717) is 18.2 Å². The number of para-hydroxylation sites is 1. The zero-order valence-electron chi connectivity index (χ0n) is 10.5. The van der Waals surface area contributed by atoms with Crippen molar-refractivity contribution in [3.8, 4) is 0 Å². The van der Waals surface area contributed by atoms with E-state index in [2.05, 4.69) is 10.6 Å². The molecular formula is C14H16Cl2N2O. The molecule has 0 radical (unpaired) electrons. The Labute approximate surface area is 122 Å². The lowest BCUT2D eigenvalue weighted by molar-refractivity contribution is 0.0952. The van der Waals surface area contributed by atoms with Gasteiger partial charge in [-0.1, -0.05) is 12.1 Å². The van der Waals surface area contributed by atoms with Crippen molar-refractivity contribution in [1.82, 2.24) is 5.32 Å². The summed E-state index contributed by atoms with van der Waals surface area (Å²) in [5, 5.41) is 6.27. The smallest absolute Gasteiger partial charge is 0.253 e. The predicted octanol–water partition coefficient (Wildman–Crippen LogP) is 3.18. The maximum atomic E-state index is 12.1. The second kappa shape index (κ2) is 4.88. The maximum Gasteiger partial charge on any atom is 0.253 e. The molecule has 2 fully saturated rings. The van der Waals surface area contributed by atoms with Crippen molar-refractivity contribution in [2.45, 2.75) is 29.6 Å². The standard InChI is InChI=1S/C14H16Cl2N2O/c15-14(16)7-9(14)8-17-12-4-2-1-3-11(12)13(19)18-10-5-6-10/h1-4,9-10,17H,5-8H2,(H,18,19). The van der Waals surface area contributed by atoms with Gasteiger partial charge in [-0.05, 0) is 31.4 Å². The SMILES string of the molecule is O=C(NC1CC1)c1ccccc1NCC1CC1(Cl)Cl. The first-order chi connectivity index (χ1) is 9.06. The van der Waals surface area contributed by atoms with Gasteiger partial charge >= 0.3 is 0 Å². The van der Waals surface area contributed by atoms with Gasteiger partial charge in [0.1, 0.15) is 4.33 Å². The van der Waals surface area contributed by atoms with Crippen molar-refractivity contribution < 1.29 is 4.79 Å². The number of hydrogen-bond acceptors (Lipinski definition) is 2. The molecule has 19 heavy (non-hydrogen) atoms. The van der Waals surface area contributed by atoms with Crippen LogP contribution in [0.3, 0.4) is 0 Å². The van der Waals surface area contributed by atoms with Crippen LogP contribution in [0.15, 0.2) is 24.3 Å². The molecule has 0 spiro atoms. The molecule has 2 aliphatic rings. The van der Waals surface area contributed by atoms with Crippen LogP contribution in [-0.4, -0.2) is 22.8 Å². The number of amides is 1. The third-order valence-electron chi connectivity index (χ3n) is 3.58. The Kier molecular flexibility index (Phi) is 3.35. The highest BCUT2D eigenvalue weighted by Crippen LogP contribution is 2.52. The van der Waals surface area contributed by atoms with Crippen LogP contribution in [0.1, 0.15) is 29.6 Å². The minimum atomic E-state index is -0.585. The van der Waals surface area contributed by atoms with E-state index in [1.807, 2.05) is 24.3 Å². The van der Waals surface area contributed by atoms with Gasteiger partial charge in [0, 0.05) is 24.2 Å². The van der Waals surface area contributed by atoms with E-state index in [1.165, 1.54) is 0 Å². The average molecular weight is 299 g/mol. The monoisotopic (exact) mass is 298 g/mol. The summed E-state index contributed by atoms with van der Waals surface area (Å²) in [6, 6.07) is 7.90. The van der Waals surface area contributed by atoms with Crippen molar-refractivity contribution in [3.63, 3.8) is 0 Å². The summed E-state index contributed by atoms with van der Waals surface area (Å²) < 4.78 is -0.585. The lowest BCUT2D eigenvalue weighted by Gasteiger charge is -2.12. The van der Waals surface area contributed by atoms with E-state index in [1.54, 1.807) is 0 Å². The van der Waals surface area contributed by atoms with Gasteiger partial charge in [-0.3, -0.25) is 4.79 Å². The van der Waals surface area contributed by atoms with Gasteiger partial charge in [0.05, 0.1) is 5.56 Å². The molecule has 0 aliphatic heterocycles. The molecular weight excluding hydrogens is 283 g/mol.